The monoisotopic (exact) mass is 439 g/mol. The van der Waals surface area contributed by atoms with Crippen molar-refractivity contribution in [3.05, 3.63) is 42.1 Å². The Balaban J connectivity index is 2.32. The van der Waals surface area contributed by atoms with Gasteiger partial charge in [0.1, 0.15) is 4.88 Å². The number of aromatic hydroxyl groups is 1. The van der Waals surface area contributed by atoms with Gasteiger partial charge in [-0.1, -0.05) is 29.8 Å². The van der Waals surface area contributed by atoms with Crippen molar-refractivity contribution in [2.45, 2.75) is 19.9 Å². The van der Waals surface area contributed by atoms with E-state index in [0.29, 0.717) is 10.6 Å². The molecule has 0 saturated heterocycles. The number of halogens is 1. The summed E-state index contributed by atoms with van der Waals surface area (Å²) in [6.45, 7) is 3.38. The van der Waals surface area contributed by atoms with Gasteiger partial charge in [-0.15, -0.1) is 11.3 Å². The van der Waals surface area contributed by atoms with Gasteiger partial charge in [0, 0.05) is 9.69 Å². The van der Waals surface area contributed by atoms with E-state index in [0.717, 1.165) is 20.4 Å². The van der Waals surface area contributed by atoms with Crippen LogP contribution in [0.5, 0.6) is 5.88 Å². The van der Waals surface area contributed by atoms with E-state index in [2.05, 4.69) is 20.9 Å². The molecule has 1 aliphatic heterocycles. The number of hydrogen-bond acceptors (Lipinski definition) is 6. The first-order valence-corrected chi connectivity index (χ1v) is 9.32. The Kier molecular flexibility index (Phi) is 4.65. The molecule has 0 spiro atoms. The SMILES string of the molecule is CC(C)[C@@H](C(=O)[O-])n1c(O)c(C2=c3cc(Br)ccc3=NC2=O)sc1=S. The van der Waals surface area contributed by atoms with Crippen LogP contribution < -0.4 is 15.7 Å². The van der Waals surface area contributed by atoms with E-state index in [9.17, 15) is 19.8 Å². The van der Waals surface area contributed by atoms with Crippen molar-refractivity contribution >= 4 is 56.9 Å². The van der Waals surface area contributed by atoms with E-state index in [1.54, 1.807) is 32.0 Å². The van der Waals surface area contributed by atoms with E-state index < -0.39 is 17.9 Å². The predicted octanol–water partition coefficient (Wildman–Crippen LogP) is 1.05. The first kappa shape index (κ1) is 18.0. The molecule has 0 saturated carbocycles. The molecule has 0 fully saturated rings. The Labute approximate surface area is 159 Å². The molecule has 9 heteroatoms. The summed E-state index contributed by atoms with van der Waals surface area (Å²) in [6, 6.07) is 4.05. The first-order valence-electron chi connectivity index (χ1n) is 7.30. The second-order valence-corrected chi connectivity index (χ2v) is 8.41. The number of hydrogen-bond donors (Lipinski definition) is 1. The molecule has 0 bridgehead atoms. The molecule has 2 aromatic rings. The molecule has 1 N–H and O–H groups in total. The van der Waals surface area contributed by atoms with Crippen LogP contribution in [-0.4, -0.2) is 21.6 Å². The standard InChI is InChI=1S/C16H13BrN2O4S2/c1-6(2)11(15(22)23)19-14(21)12(25-16(19)24)10-8-5-7(17)3-4-9(8)18-13(10)20/h3-6,11,21H,1-2H3,(H,22,23)/p-1/t11-/m0/s1. The highest BCUT2D eigenvalue weighted by atomic mass is 79.9. The second-order valence-electron chi connectivity index (χ2n) is 5.85. The van der Waals surface area contributed by atoms with Gasteiger partial charge in [-0.05, 0) is 36.3 Å². The molecule has 130 valence electrons. The van der Waals surface area contributed by atoms with Crippen LogP contribution in [0.2, 0.25) is 0 Å². The van der Waals surface area contributed by atoms with E-state index in [1.165, 1.54) is 0 Å². The normalized spacial score (nSPS) is 14.6. The summed E-state index contributed by atoms with van der Waals surface area (Å²) in [5, 5.41) is 23.2. The number of rotatable bonds is 4. The Hall–Kier alpha value is -1.84. The summed E-state index contributed by atoms with van der Waals surface area (Å²) >= 11 is 9.56. The summed E-state index contributed by atoms with van der Waals surface area (Å²) in [6.07, 6.45) is 0. The maximum absolute atomic E-state index is 12.4. The summed E-state index contributed by atoms with van der Waals surface area (Å²) in [4.78, 5) is 28.0. The van der Waals surface area contributed by atoms with Crippen LogP contribution in [0.15, 0.2) is 27.7 Å². The molecule has 25 heavy (non-hydrogen) atoms. The topological polar surface area (TPSA) is 94.7 Å². The quantitative estimate of drug-likeness (QED) is 0.718. The van der Waals surface area contributed by atoms with Crippen LogP contribution in [0.3, 0.4) is 0 Å². The van der Waals surface area contributed by atoms with Gasteiger partial charge >= 0.3 is 0 Å². The molecule has 1 aromatic heterocycles. The lowest BCUT2D eigenvalue weighted by Crippen LogP contribution is -2.36. The maximum Gasteiger partial charge on any atom is 0.279 e. The molecule has 3 rings (SSSR count). The summed E-state index contributed by atoms with van der Waals surface area (Å²) in [7, 11) is 0. The highest BCUT2D eigenvalue weighted by Gasteiger charge is 2.29. The number of amides is 1. The third-order valence-electron chi connectivity index (χ3n) is 3.86. The number of carbonyl (C=O) groups is 2. The van der Waals surface area contributed by atoms with Crippen LogP contribution in [0.4, 0.5) is 0 Å². The van der Waals surface area contributed by atoms with Crippen molar-refractivity contribution < 1.29 is 19.8 Å². The summed E-state index contributed by atoms with van der Waals surface area (Å²) in [5.41, 5.74) is 0.213. The number of carbonyl (C=O) groups excluding carboxylic acids is 2. The largest absolute Gasteiger partial charge is 0.548 e. The van der Waals surface area contributed by atoms with Gasteiger partial charge in [0.2, 0.25) is 5.88 Å². The van der Waals surface area contributed by atoms with Crippen LogP contribution >= 0.6 is 39.5 Å². The van der Waals surface area contributed by atoms with Crippen molar-refractivity contribution in [1.29, 1.82) is 0 Å². The number of carboxylic acid groups (broad SMARTS) is 1. The van der Waals surface area contributed by atoms with Crippen molar-refractivity contribution in [1.82, 2.24) is 4.57 Å². The van der Waals surface area contributed by atoms with Gasteiger partial charge in [-0.3, -0.25) is 9.36 Å². The van der Waals surface area contributed by atoms with Gasteiger partial charge in [0.15, 0.2) is 3.95 Å². The third-order valence-corrected chi connectivity index (χ3v) is 5.76. The molecule has 0 unspecified atom stereocenters. The molecule has 1 aromatic carbocycles. The van der Waals surface area contributed by atoms with Gasteiger partial charge < -0.3 is 15.0 Å². The minimum Gasteiger partial charge on any atom is -0.548 e. The maximum atomic E-state index is 12.4. The molecule has 1 atom stereocenters. The first-order chi connectivity index (χ1) is 11.7. The number of aliphatic carboxylic acids is 1. The van der Waals surface area contributed by atoms with Gasteiger partial charge in [0.05, 0.1) is 22.9 Å². The third kappa shape index (κ3) is 2.96. The lowest BCUT2D eigenvalue weighted by molar-refractivity contribution is -0.311. The zero-order valence-electron chi connectivity index (χ0n) is 13.1. The van der Waals surface area contributed by atoms with E-state index >= 15 is 0 Å². The Morgan fingerprint density at radius 3 is 2.72 bits per heavy atom. The number of nitrogens with zero attached hydrogens (tertiary/aromatic N) is 2. The van der Waals surface area contributed by atoms with Crippen molar-refractivity contribution in [2.24, 2.45) is 10.9 Å². The van der Waals surface area contributed by atoms with Crippen molar-refractivity contribution in [2.75, 3.05) is 0 Å². The molecule has 1 aliphatic rings. The van der Waals surface area contributed by atoms with Crippen LogP contribution in [0, 0.1) is 9.87 Å². The van der Waals surface area contributed by atoms with E-state index in [4.69, 9.17) is 12.2 Å². The van der Waals surface area contributed by atoms with Gasteiger partial charge in [0.25, 0.3) is 5.91 Å². The van der Waals surface area contributed by atoms with Crippen LogP contribution in [0.25, 0.3) is 5.57 Å². The highest BCUT2D eigenvalue weighted by Crippen LogP contribution is 2.36. The molecule has 0 radical (unpaired) electrons. The highest BCUT2D eigenvalue weighted by molar-refractivity contribution is 9.10. The fourth-order valence-corrected chi connectivity index (χ4v) is 4.54. The Bertz CT molecular complexity index is 1080. The summed E-state index contributed by atoms with van der Waals surface area (Å²) in [5.74, 6) is -2.56. The fraction of sp³-hybridized carbons (Fsp3) is 0.250. The number of thiazole rings is 1. The number of benzene rings is 1. The Morgan fingerprint density at radius 2 is 2.12 bits per heavy atom. The molecular weight excluding hydrogens is 428 g/mol. The zero-order valence-corrected chi connectivity index (χ0v) is 16.4. The average molecular weight is 440 g/mol. The smallest absolute Gasteiger partial charge is 0.279 e. The van der Waals surface area contributed by atoms with Crippen molar-refractivity contribution in [3.8, 4) is 5.88 Å². The lowest BCUT2D eigenvalue weighted by atomic mass is 10.0. The summed E-state index contributed by atoms with van der Waals surface area (Å²) < 4.78 is 2.04. The van der Waals surface area contributed by atoms with Gasteiger partial charge in [-0.25, -0.2) is 4.99 Å². The van der Waals surface area contributed by atoms with E-state index in [-0.39, 0.29) is 26.2 Å². The molecule has 0 aliphatic carbocycles. The van der Waals surface area contributed by atoms with Gasteiger partial charge in [-0.2, -0.15) is 0 Å². The second kappa shape index (κ2) is 6.47. The minimum atomic E-state index is -1.35. The molecule has 2 heterocycles. The molecule has 1 amide bonds. The Morgan fingerprint density at radius 1 is 1.44 bits per heavy atom. The number of fused-ring (bicyclic) bond motifs is 1. The van der Waals surface area contributed by atoms with E-state index in [1.807, 2.05) is 0 Å². The minimum absolute atomic E-state index is 0.152. The number of aromatic nitrogens is 1. The average Bonchev–Trinajstić information content (AvgIpc) is 2.96. The van der Waals surface area contributed by atoms with Crippen molar-refractivity contribution in [3.63, 3.8) is 0 Å². The zero-order chi connectivity index (χ0) is 18.5. The fourth-order valence-electron chi connectivity index (χ4n) is 2.77. The van der Waals surface area contributed by atoms with Crippen LogP contribution in [0.1, 0.15) is 24.8 Å². The predicted molar refractivity (Wildman–Crippen MR) is 96.1 cm³/mol. The number of carboxylic acids is 1. The van der Waals surface area contributed by atoms with Crippen LogP contribution in [-0.2, 0) is 9.59 Å². The molecular formula is C16H12BrN2O4S2-. The lowest BCUT2D eigenvalue weighted by Gasteiger charge is -2.24. The molecule has 6 nitrogen and oxygen atoms in total.